The van der Waals surface area contributed by atoms with Crippen molar-refractivity contribution in [1.82, 2.24) is 10.2 Å². The fraction of sp³-hybridized carbons (Fsp3) is 0.440. The standard InChI is InChI=1S/C25H30Cl2N2O4/c1-4-16(3)28-25(31)21(5-2)29(14-18-8-9-19(26)13-20(18)27)24(30)11-7-17-6-10-22-23(12-17)33-15-32-22/h6,8-10,12-13,16,21H,4-5,7,11,14-15H2,1-3H3,(H,28,31)/t16-,21-/m1/s1. The molecule has 1 heterocycles. The highest BCUT2D eigenvalue weighted by atomic mass is 35.5. The fourth-order valence-corrected chi connectivity index (χ4v) is 4.15. The minimum atomic E-state index is -0.602. The number of halogens is 2. The van der Waals surface area contributed by atoms with Crippen LogP contribution in [0.1, 0.15) is 51.2 Å². The van der Waals surface area contributed by atoms with Crippen LogP contribution in [0.3, 0.4) is 0 Å². The second kappa shape index (κ2) is 11.6. The summed E-state index contributed by atoms with van der Waals surface area (Å²) in [6.45, 7) is 6.29. The van der Waals surface area contributed by atoms with Crippen molar-refractivity contribution >= 4 is 35.0 Å². The van der Waals surface area contributed by atoms with Crippen LogP contribution in [0.25, 0.3) is 0 Å². The van der Waals surface area contributed by atoms with E-state index in [0.717, 1.165) is 17.5 Å². The van der Waals surface area contributed by atoms with E-state index in [1.54, 1.807) is 23.1 Å². The number of ether oxygens (including phenoxy) is 2. The van der Waals surface area contributed by atoms with Gasteiger partial charge in [0.25, 0.3) is 0 Å². The molecule has 2 aromatic rings. The molecule has 0 bridgehead atoms. The maximum atomic E-state index is 13.4. The van der Waals surface area contributed by atoms with Crippen molar-refractivity contribution in [2.24, 2.45) is 0 Å². The summed E-state index contributed by atoms with van der Waals surface area (Å²) in [7, 11) is 0. The molecule has 2 aromatic carbocycles. The molecule has 6 nitrogen and oxygen atoms in total. The number of fused-ring (bicyclic) bond motifs is 1. The van der Waals surface area contributed by atoms with Crippen LogP contribution >= 0.6 is 23.2 Å². The van der Waals surface area contributed by atoms with E-state index in [1.807, 2.05) is 39.0 Å². The van der Waals surface area contributed by atoms with Gasteiger partial charge in [-0.25, -0.2) is 0 Å². The SMILES string of the molecule is CC[C@@H](C)NC(=O)[C@@H](CC)N(Cc1ccc(Cl)cc1Cl)C(=O)CCc1ccc2c(c1)OCO2. The first-order valence-electron chi connectivity index (χ1n) is 11.2. The first-order valence-corrected chi connectivity index (χ1v) is 12.0. The van der Waals surface area contributed by atoms with Crippen molar-refractivity contribution in [2.75, 3.05) is 6.79 Å². The third-order valence-corrected chi connectivity index (χ3v) is 6.39. The van der Waals surface area contributed by atoms with Gasteiger partial charge in [-0.15, -0.1) is 0 Å². The zero-order valence-corrected chi connectivity index (χ0v) is 20.7. The Morgan fingerprint density at radius 2 is 1.82 bits per heavy atom. The zero-order valence-electron chi connectivity index (χ0n) is 19.2. The smallest absolute Gasteiger partial charge is 0.243 e. The van der Waals surface area contributed by atoms with Gasteiger partial charge in [-0.05, 0) is 61.6 Å². The van der Waals surface area contributed by atoms with E-state index in [4.69, 9.17) is 32.7 Å². The highest BCUT2D eigenvalue weighted by Crippen LogP contribution is 2.33. The van der Waals surface area contributed by atoms with E-state index >= 15 is 0 Å². The van der Waals surface area contributed by atoms with Gasteiger partial charge in [0.2, 0.25) is 18.6 Å². The Labute approximate surface area is 205 Å². The molecular formula is C25H30Cl2N2O4. The maximum absolute atomic E-state index is 13.4. The van der Waals surface area contributed by atoms with Gasteiger partial charge in [-0.1, -0.05) is 49.2 Å². The molecule has 0 spiro atoms. The fourth-order valence-electron chi connectivity index (χ4n) is 3.69. The Morgan fingerprint density at radius 1 is 1.06 bits per heavy atom. The number of carbonyl (C=O) groups excluding carboxylic acids is 2. The van der Waals surface area contributed by atoms with Crippen molar-refractivity contribution in [3.8, 4) is 11.5 Å². The van der Waals surface area contributed by atoms with Crippen molar-refractivity contribution in [3.05, 3.63) is 57.6 Å². The van der Waals surface area contributed by atoms with Gasteiger partial charge >= 0.3 is 0 Å². The van der Waals surface area contributed by atoms with Gasteiger partial charge in [-0.3, -0.25) is 9.59 Å². The molecule has 2 amide bonds. The predicted molar refractivity (Wildman–Crippen MR) is 130 cm³/mol. The molecule has 0 saturated heterocycles. The molecule has 178 valence electrons. The largest absolute Gasteiger partial charge is 0.454 e. The monoisotopic (exact) mass is 492 g/mol. The Kier molecular flexibility index (Phi) is 8.87. The van der Waals surface area contributed by atoms with Crippen LogP contribution in [0.4, 0.5) is 0 Å². The van der Waals surface area contributed by atoms with E-state index < -0.39 is 6.04 Å². The van der Waals surface area contributed by atoms with Gasteiger partial charge in [0.05, 0.1) is 0 Å². The van der Waals surface area contributed by atoms with Gasteiger partial charge in [0.1, 0.15) is 6.04 Å². The average molecular weight is 493 g/mol. The first kappa shape index (κ1) is 25.2. The van der Waals surface area contributed by atoms with Crippen LogP contribution in [-0.2, 0) is 22.6 Å². The zero-order chi connectivity index (χ0) is 24.0. The second-order valence-corrected chi connectivity index (χ2v) is 9.03. The lowest BCUT2D eigenvalue weighted by molar-refractivity contribution is -0.141. The van der Waals surface area contributed by atoms with Crippen LogP contribution in [0.15, 0.2) is 36.4 Å². The van der Waals surface area contributed by atoms with Gasteiger partial charge in [0, 0.05) is 29.1 Å². The Balaban J connectivity index is 1.79. The first-order chi connectivity index (χ1) is 15.8. The van der Waals surface area contributed by atoms with Crippen LogP contribution in [0, 0.1) is 0 Å². The third kappa shape index (κ3) is 6.55. The van der Waals surface area contributed by atoms with E-state index in [9.17, 15) is 9.59 Å². The summed E-state index contributed by atoms with van der Waals surface area (Å²) in [5.74, 6) is 1.11. The molecule has 8 heteroatoms. The molecule has 2 atom stereocenters. The van der Waals surface area contributed by atoms with Gasteiger partial charge in [0.15, 0.2) is 11.5 Å². The number of nitrogens with zero attached hydrogens (tertiary/aromatic N) is 1. The molecule has 0 saturated carbocycles. The predicted octanol–water partition coefficient (Wildman–Crippen LogP) is 5.38. The quantitative estimate of drug-likeness (QED) is 0.483. The summed E-state index contributed by atoms with van der Waals surface area (Å²) in [6.07, 6.45) is 2.06. The average Bonchev–Trinajstić information content (AvgIpc) is 3.26. The summed E-state index contributed by atoms with van der Waals surface area (Å²) >= 11 is 12.4. The van der Waals surface area contributed by atoms with Crippen molar-refractivity contribution in [3.63, 3.8) is 0 Å². The summed E-state index contributed by atoms with van der Waals surface area (Å²) in [5.41, 5.74) is 1.71. The lowest BCUT2D eigenvalue weighted by Crippen LogP contribution is -2.50. The van der Waals surface area contributed by atoms with Crippen molar-refractivity contribution in [2.45, 2.75) is 65.1 Å². The lowest BCUT2D eigenvalue weighted by Gasteiger charge is -2.32. The van der Waals surface area contributed by atoms with Crippen LogP contribution < -0.4 is 14.8 Å². The summed E-state index contributed by atoms with van der Waals surface area (Å²) in [6, 6.07) is 10.3. The molecule has 0 aliphatic carbocycles. The molecule has 0 aromatic heterocycles. The molecule has 3 rings (SSSR count). The number of aryl methyl sites for hydroxylation is 1. The summed E-state index contributed by atoms with van der Waals surface area (Å²) < 4.78 is 10.8. The van der Waals surface area contributed by atoms with E-state index in [1.165, 1.54) is 0 Å². The van der Waals surface area contributed by atoms with E-state index in [0.29, 0.717) is 34.4 Å². The van der Waals surface area contributed by atoms with Crippen LogP contribution in [0.2, 0.25) is 10.0 Å². The highest BCUT2D eigenvalue weighted by Gasteiger charge is 2.29. The molecule has 33 heavy (non-hydrogen) atoms. The minimum Gasteiger partial charge on any atom is -0.454 e. The summed E-state index contributed by atoms with van der Waals surface area (Å²) in [4.78, 5) is 28.1. The molecule has 0 radical (unpaired) electrons. The highest BCUT2D eigenvalue weighted by molar-refractivity contribution is 6.35. The molecule has 1 aliphatic heterocycles. The number of benzene rings is 2. The van der Waals surface area contributed by atoms with Crippen molar-refractivity contribution < 1.29 is 19.1 Å². The van der Waals surface area contributed by atoms with E-state index in [-0.39, 0.29) is 37.6 Å². The molecule has 0 unspecified atom stereocenters. The summed E-state index contributed by atoms with van der Waals surface area (Å²) in [5, 5.41) is 4.00. The third-order valence-electron chi connectivity index (χ3n) is 5.81. The minimum absolute atomic E-state index is 0.0243. The number of carbonyl (C=O) groups is 2. The molecule has 0 fully saturated rings. The number of amides is 2. The Hall–Kier alpha value is -2.44. The molecule has 1 aliphatic rings. The second-order valence-electron chi connectivity index (χ2n) is 8.19. The number of rotatable bonds is 10. The maximum Gasteiger partial charge on any atom is 0.243 e. The lowest BCUT2D eigenvalue weighted by atomic mass is 10.1. The van der Waals surface area contributed by atoms with Crippen molar-refractivity contribution in [1.29, 1.82) is 0 Å². The van der Waals surface area contributed by atoms with Crippen LogP contribution in [0.5, 0.6) is 11.5 Å². The Bertz CT molecular complexity index is 998. The topological polar surface area (TPSA) is 67.9 Å². The van der Waals surface area contributed by atoms with Gasteiger partial charge < -0.3 is 19.7 Å². The van der Waals surface area contributed by atoms with E-state index in [2.05, 4.69) is 5.32 Å². The van der Waals surface area contributed by atoms with Gasteiger partial charge in [-0.2, -0.15) is 0 Å². The molecular weight excluding hydrogens is 463 g/mol. The normalized spacial score (nSPS) is 14.0. The Morgan fingerprint density at radius 3 is 2.52 bits per heavy atom. The van der Waals surface area contributed by atoms with Crippen LogP contribution in [-0.4, -0.2) is 35.6 Å². The number of hydrogen-bond donors (Lipinski definition) is 1. The number of nitrogens with one attached hydrogen (secondary N) is 1. The molecule has 1 N–H and O–H groups in total. The number of hydrogen-bond acceptors (Lipinski definition) is 4.